The van der Waals surface area contributed by atoms with Gasteiger partial charge in [0.2, 0.25) is 5.95 Å². The van der Waals surface area contributed by atoms with Crippen LogP contribution in [0.3, 0.4) is 0 Å². The minimum atomic E-state index is 0.424. The van der Waals surface area contributed by atoms with Crippen LogP contribution in [-0.4, -0.2) is 14.8 Å². The second-order valence-corrected chi connectivity index (χ2v) is 3.74. The van der Waals surface area contributed by atoms with Gasteiger partial charge in [-0.3, -0.25) is 0 Å². The molecule has 1 heterocycles. The van der Waals surface area contributed by atoms with Crippen LogP contribution in [0.5, 0.6) is 0 Å². The van der Waals surface area contributed by atoms with Crippen molar-refractivity contribution in [2.75, 3.05) is 5.73 Å². The quantitative estimate of drug-likeness (QED) is 0.844. The molecule has 2 aromatic rings. The zero-order chi connectivity index (χ0) is 10.8. The molecule has 2 rings (SSSR count). The molecule has 0 saturated heterocycles. The van der Waals surface area contributed by atoms with Crippen molar-refractivity contribution < 1.29 is 0 Å². The average Bonchev–Trinajstić information content (AvgIpc) is 2.45. The van der Waals surface area contributed by atoms with Crippen LogP contribution in [0.1, 0.15) is 11.4 Å². The molecule has 5 heteroatoms. The molecule has 78 valence electrons. The number of anilines is 1. The fraction of sp³-hybridized carbons (Fsp3) is 0.200. The van der Waals surface area contributed by atoms with Crippen LogP contribution in [0, 0.1) is 6.92 Å². The molecule has 0 spiro atoms. The van der Waals surface area contributed by atoms with Crippen molar-refractivity contribution in [3.05, 3.63) is 40.7 Å². The number of benzene rings is 1. The Morgan fingerprint density at radius 3 is 2.87 bits per heavy atom. The molecule has 1 aromatic carbocycles. The monoisotopic (exact) mass is 222 g/mol. The second-order valence-electron chi connectivity index (χ2n) is 3.30. The molecule has 4 nitrogen and oxygen atoms in total. The normalized spacial score (nSPS) is 10.5. The van der Waals surface area contributed by atoms with E-state index in [9.17, 15) is 0 Å². The third kappa shape index (κ3) is 2.27. The van der Waals surface area contributed by atoms with Gasteiger partial charge < -0.3 is 5.73 Å². The summed E-state index contributed by atoms with van der Waals surface area (Å²) < 4.78 is 1.65. The molecule has 2 N–H and O–H groups in total. The number of hydrogen-bond acceptors (Lipinski definition) is 3. The number of nitrogen functional groups attached to an aromatic ring is 1. The van der Waals surface area contributed by atoms with Crippen LogP contribution in [0.25, 0.3) is 0 Å². The minimum Gasteiger partial charge on any atom is -0.368 e. The van der Waals surface area contributed by atoms with Gasteiger partial charge in [0, 0.05) is 5.02 Å². The first-order valence-electron chi connectivity index (χ1n) is 4.56. The molecule has 0 bridgehead atoms. The number of rotatable bonds is 2. The van der Waals surface area contributed by atoms with E-state index in [1.165, 1.54) is 0 Å². The third-order valence-electron chi connectivity index (χ3n) is 2.03. The summed E-state index contributed by atoms with van der Waals surface area (Å²) in [6.45, 7) is 2.40. The van der Waals surface area contributed by atoms with E-state index in [2.05, 4.69) is 10.1 Å². The lowest BCUT2D eigenvalue weighted by Gasteiger charge is -2.02. The molecule has 15 heavy (non-hydrogen) atoms. The summed E-state index contributed by atoms with van der Waals surface area (Å²) in [6.07, 6.45) is 0. The van der Waals surface area contributed by atoms with E-state index >= 15 is 0 Å². The highest BCUT2D eigenvalue weighted by Crippen LogP contribution is 2.12. The second kappa shape index (κ2) is 3.90. The highest BCUT2D eigenvalue weighted by atomic mass is 35.5. The molecule has 0 fully saturated rings. The number of aromatic nitrogens is 3. The van der Waals surface area contributed by atoms with E-state index in [1.54, 1.807) is 4.68 Å². The Balaban J connectivity index is 2.25. The SMILES string of the molecule is Cc1nc(N)n(Cc2cccc(Cl)c2)n1. The maximum atomic E-state index is 5.88. The maximum Gasteiger partial charge on any atom is 0.219 e. The Kier molecular flexibility index (Phi) is 2.60. The van der Waals surface area contributed by atoms with Crippen molar-refractivity contribution in [1.82, 2.24) is 14.8 Å². The summed E-state index contributed by atoms with van der Waals surface area (Å²) in [5, 5.41) is 4.88. The van der Waals surface area contributed by atoms with Gasteiger partial charge >= 0.3 is 0 Å². The zero-order valence-corrected chi connectivity index (χ0v) is 9.07. The molecule has 0 amide bonds. The smallest absolute Gasteiger partial charge is 0.219 e. The fourth-order valence-corrected chi connectivity index (χ4v) is 1.61. The number of nitrogens with two attached hydrogens (primary N) is 1. The Morgan fingerprint density at radius 2 is 2.27 bits per heavy atom. The van der Waals surface area contributed by atoms with Crippen LogP contribution < -0.4 is 5.73 Å². The maximum absolute atomic E-state index is 5.88. The predicted octanol–water partition coefficient (Wildman–Crippen LogP) is 1.87. The van der Waals surface area contributed by atoms with E-state index in [1.807, 2.05) is 31.2 Å². The van der Waals surface area contributed by atoms with Crippen LogP contribution in [0.2, 0.25) is 5.02 Å². The molecule has 0 aliphatic rings. The molecule has 1 aromatic heterocycles. The summed E-state index contributed by atoms with van der Waals surface area (Å²) in [5.41, 5.74) is 6.74. The molecule has 0 radical (unpaired) electrons. The predicted molar refractivity (Wildman–Crippen MR) is 59.7 cm³/mol. The van der Waals surface area contributed by atoms with Gasteiger partial charge in [0.25, 0.3) is 0 Å². The molecule has 0 atom stereocenters. The standard InChI is InChI=1S/C10H11ClN4/c1-7-13-10(12)15(14-7)6-8-3-2-4-9(11)5-8/h2-5H,6H2,1H3,(H2,12,13,14). The number of hydrogen-bond donors (Lipinski definition) is 1. The molecule has 0 aliphatic heterocycles. The van der Waals surface area contributed by atoms with Crippen LogP contribution in [-0.2, 0) is 6.54 Å². The Bertz CT molecular complexity index is 478. The van der Waals surface area contributed by atoms with Crippen LogP contribution in [0.4, 0.5) is 5.95 Å². The van der Waals surface area contributed by atoms with Gasteiger partial charge in [-0.25, -0.2) is 4.68 Å². The summed E-state index contributed by atoms with van der Waals surface area (Å²) in [6, 6.07) is 7.60. The lowest BCUT2D eigenvalue weighted by atomic mass is 10.2. The van der Waals surface area contributed by atoms with Gasteiger partial charge in [0.15, 0.2) is 0 Å². The zero-order valence-electron chi connectivity index (χ0n) is 8.31. The Labute approximate surface area is 92.7 Å². The van der Waals surface area contributed by atoms with E-state index in [0.29, 0.717) is 23.3 Å². The molecule has 0 unspecified atom stereocenters. The van der Waals surface area contributed by atoms with Crippen molar-refractivity contribution in [1.29, 1.82) is 0 Å². The van der Waals surface area contributed by atoms with Gasteiger partial charge in [0.05, 0.1) is 6.54 Å². The van der Waals surface area contributed by atoms with Crippen molar-refractivity contribution in [3.63, 3.8) is 0 Å². The van der Waals surface area contributed by atoms with Crippen molar-refractivity contribution in [3.8, 4) is 0 Å². The van der Waals surface area contributed by atoms with Gasteiger partial charge in [-0.2, -0.15) is 10.1 Å². The summed E-state index contributed by atoms with van der Waals surface area (Å²) in [5.74, 6) is 1.10. The Morgan fingerprint density at radius 1 is 1.47 bits per heavy atom. The first-order valence-corrected chi connectivity index (χ1v) is 4.94. The summed E-state index contributed by atoms with van der Waals surface area (Å²) >= 11 is 5.88. The lowest BCUT2D eigenvalue weighted by Crippen LogP contribution is -2.06. The first kappa shape index (κ1) is 9.98. The highest BCUT2D eigenvalue weighted by Gasteiger charge is 2.03. The fourth-order valence-electron chi connectivity index (χ4n) is 1.40. The number of halogens is 1. The van der Waals surface area contributed by atoms with Gasteiger partial charge in [-0.15, -0.1) is 0 Å². The van der Waals surface area contributed by atoms with E-state index in [-0.39, 0.29) is 0 Å². The molecular formula is C10H11ClN4. The van der Waals surface area contributed by atoms with E-state index in [4.69, 9.17) is 17.3 Å². The number of nitrogens with zero attached hydrogens (tertiary/aromatic N) is 3. The van der Waals surface area contributed by atoms with Crippen molar-refractivity contribution in [2.45, 2.75) is 13.5 Å². The first-order chi connectivity index (χ1) is 7.15. The lowest BCUT2D eigenvalue weighted by molar-refractivity contribution is 0.689. The average molecular weight is 223 g/mol. The summed E-state index contributed by atoms with van der Waals surface area (Å²) in [4.78, 5) is 4.03. The largest absolute Gasteiger partial charge is 0.368 e. The number of aryl methyl sites for hydroxylation is 1. The van der Waals surface area contributed by atoms with Crippen molar-refractivity contribution >= 4 is 17.5 Å². The van der Waals surface area contributed by atoms with E-state index in [0.717, 1.165) is 5.56 Å². The molecule has 0 aliphatic carbocycles. The van der Waals surface area contributed by atoms with Crippen LogP contribution >= 0.6 is 11.6 Å². The molecular weight excluding hydrogens is 212 g/mol. The topological polar surface area (TPSA) is 56.7 Å². The third-order valence-corrected chi connectivity index (χ3v) is 2.26. The van der Waals surface area contributed by atoms with Crippen LogP contribution in [0.15, 0.2) is 24.3 Å². The Hall–Kier alpha value is -1.55. The van der Waals surface area contributed by atoms with Crippen molar-refractivity contribution in [2.24, 2.45) is 0 Å². The summed E-state index contributed by atoms with van der Waals surface area (Å²) in [7, 11) is 0. The van der Waals surface area contributed by atoms with Gasteiger partial charge in [-0.1, -0.05) is 23.7 Å². The minimum absolute atomic E-state index is 0.424. The highest BCUT2D eigenvalue weighted by molar-refractivity contribution is 6.30. The van der Waals surface area contributed by atoms with Gasteiger partial charge in [0.1, 0.15) is 5.82 Å². The molecule has 0 saturated carbocycles. The van der Waals surface area contributed by atoms with Gasteiger partial charge in [-0.05, 0) is 24.6 Å². The van der Waals surface area contributed by atoms with E-state index < -0.39 is 0 Å².